The summed E-state index contributed by atoms with van der Waals surface area (Å²) < 4.78 is 6.18. The van der Waals surface area contributed by atoms with Gasteiger partial charge in [0.2, 0.25) is 0 Å². The highest BCUT2D eigenvalue weighted by molar-refractivity contribution is 5.61. The molecule has 0 atom stereocenters. The first kappa shape index (κ1) is 21.9. The SMILES string of the molecule is CCCCOc1ccc(C(C)(C)CC)cc1N(CCCC)CCCC. The minimum Gasteiger partial charge on any atom is -0.491 e. The molecule has 0 aliphatic heterocycles. The van der Waals surface area contributed by atoms with Gasteiger partial charge >= 0.3 is 0 Å². The summed E-state index contributed by atoms with van der Waals surface area (Å²) in [5.74, 6) is 1.07. The minimum absolute atomic E-state index is 0.206. The standard InChI is InChI=1S/C23H41NO/c1-7-11-16-24(17-12-8-2)21-19-20(23(5,6)10-4)14-15-22(21)25-18-13-9-3/h14-15,19H,7-13,16-18H2,1-6H3. The van der Waals surface area contributed by atoms with E-state index >= 15 is 0 Å². The van der Waals surface area contributed by atoms with Gasteiger partial charge in [0, 0.05) is 13.1 Å². The molecule has 144 valence electrons. The average Bonchev–Trinajstić information content (AvgIpc) is 2.62. The number of unbranched alkanes of at least 4 members (excludes halogenated alkanes) is 3. The van der Waals surface area contributed by atoms with Gasteiger partial charge < -0.3 is 9.64 Å². The maximum atomic E-state index is 6.18. The van der Waals surface area contributed by atoms with Crippen LogP contribution in [0, 0.1) is 0 Å². The smallest absolute Gasteiger partial charge is 0.142 e. The third kappa shape index (κ3) is 6.92. The van der Waals surface area contributed by atoms with Gasteiger partial charge in [0.15, 0.2) is 0 Å². The Morgan fingerprint density at radius 3 is 2.00 bits per heavy atom. The predicted octanol–water partition coefficient (Wildman–Crippen LogP) is 6.96. The van der Waals surface area contributed by atoms with Gasteiger partial charge in [0.1, 0.15) is 5.75 Å². The molecule has 0 unspecified atom stereocenters. The molecule has 2 heteroatoms. The fourth-order valence-corrected chi connectivity index (χ4v) is 2.89. The lowest BCUT2D eigenvalue weighted by Gasteiger charge is -2.30. The Hall–Kier alpha value is -1.18. The summed E-state index contributed by atoms with van der Waals surface area (Å²) in [7, 11) is 0. The van der Waals surface area contributed by atoms with Crippen molar-refractivity contribution >= 4 is 5.69 Å². The molecule has 0 heterocycles. The van der Waals surface area contributed by atoms with Crippen LogP contribution in [0.2, 0.25) is 0 Å². The van der Waals surface area contributed by atoms with Gasteiger partial charge in [0.25, 0.3) is 0 Å². The maximum Gasteiger partial charge on any atom is 0.142 e. The second-order valence-electron chi connectivity index (χ2n) is 7.82. The zero-order valence-corrected chi connectivity index (χ0v) is 17.7. The zero-order chi connectivity index (χ0) is 18.7. The van der Waals surface area contributed by atoms with Crippen LogP contribution in [0.15, 0.2) is 18.2 Å². The van der Waals surface area contributed by atoms with Crippen molar-refractivity contribution in [3.8, 4) is 5.75 Å². The second kappa shape index (κ2) is 11.4. The summed E-state index contributed by atoms with van der Waals surface area (Å²) in [5.41, 5.74) is 2.93. The van der Waals surface area contributed by atoms with Crippen molar-refractivity contribution in [2.24, 2.45) is 0 Å². The van der Waals surface area contributed by atoms with Gasteiger partial charge in [-0.15, -0.1) is 0 Å². The molecular weight excluding hydrogens is 306 g/mol. The maximum absolute atomic E-state index is 6.18. The highest BCUT2D eigenvalue weighted by Crippen LogP contribution is 2.36. The van der Waals surface area contributed by atoms with Crippen LogP contribution in [0.1, 0.15) is 92.1 Å². The van der Waals surface area contributed by atoms with Crippen molar-refractivity contribution in [3.05, 3.63) is 23.8 Å². The highest BCUT2D eigenvalue weighted by atomic mass is 16.5. The summed E-state index contributed by atoms with van der Waals surface area (Å²) in [5, 5.41) is 0. The fourth-order valence-electron chi connectivity index (χ4n) is 2.89. The normalized spacial score (nSPS) is 11.6. The Bertz CT molecular complexity index is 473. The summed E-state index contributed by atoms with van der Waals surface area (Å²) in [6, 6.07) is 6.88. The molecule has 0 amide bonds. The van der Waals surface area contributed by atoms with Crippen molar-refractivity contribution in [2.75, 3.05) is 24.6 Å². The molecule has 0 radical (unpaired) electrons. The van der Waals surface area contributed by atoms with Crippen molar-refractivity contribution in [3.63, 3.8) is 0 Å². The van der Waals surface area contributed by atoms with E-state index in [1.165, 1.54) is 43.4 Å². The van der Waals surface area contributed by atoms with Crippen molar-refractivity contribution in [1.29, 1.82) is 0 Å². The molecule has 0 aromatic heterocycles. The lowest BCUT2D eigenvalue weighted by atomic mass is 9.82. The number of hydrogen-bond donors (Lipinski definition) is 0. The first-order valence-corrected chi connectivity index (χ1v) is 10.5. The Kier molecular flexibility index (Phi) is 10.0. The predicted molar refractivity (Wildman–Crippen MR) is 112 cm³/mol. The van der Waals surface area contributed by atoms with Crippen LogP contribution in [0.5, 0.6) is 5.75 Å². The molecule has 0 saturated heterocycles. The first-order chi connectivity index (χ1) is 12.0. The number of rotatable bonds is 13. The van der Waals surface area contributed by atoms with E-state index in [1.54, 1.807) is 0 Å². The molecule has 0 N–H and O–H groups in total. The van der Waals surface area contributed by atoms with Gasteiger partial charge in [-0.25, -0.2) is 0 Å². The first-order valence-electron chi connectivity index (χ1n) is 10.5. The number of hydrogen-bond acceptors (Lipinski definition) is 2. The van der Waals surface area contributed by atoms with Crippen LogP contribution in [0.3, 0.4) is 0 Å². The van der Waals surface area contributed by atoms with Crippen LogP contribution in [-0.2, 0) is 5.41 Å². The number of ether oxygens (including phenoxy) is 1. The van der Waals surface area contributed by atoms with E-state index in [1.807, 2.05) is 0 Å². The molecule has 1 aromatic rings. The van der Waals surface area contributed by atoms with Crippen LogP contribution >= 0.6 is 0 Å². The molecule has 0 spiro atoms. The van der Waals surface area contributed by atoms with Gasteiger partial charge in [-0.2, -0.15) is 0 Å². The summed E-state index contributed by atoms with van der Waals surface area (Å²) in [6.07, 6.45) is 8.37. The van der Waals surface area contributed by atoms with Gasteiger partial charge in [-0.05, 0) is 48.8 Å². The zero-order valence-electron chi connectivity index (χ0n) is 17.7. The van der Waals surface area contributed by atoms with Crippen molar-refractivity contribution < 1.29 is 4.74 Å². The minimum atomic E-state index is 0.206. The Labute approximate surface area is 157 Å². The molecule has 0 fully saturated rings. The highest BCUT2D eigenvalue weighted by Gasteiger charge is 2.21. The lowest BCUT2D eigenvalue weighted by molar-refractivity contribution is 0.309. The van der Waals surface area contributed by atoms with Crippen molar-refractivity contribution in [2.45, 2.75) is 91.9 Å². The Morgan fingerprint density at radius 1 is 0.880 bits per heavy atom. The topological polar surface area (TPSA) is 12.5 Å². The quantitative estimate of drug-likeness (QED) is 0.358. The van der Waals surface area contributed by atoms with E-state index in [2.05, 4.69) is 64.6 Å². The molecule has 0 saturated carbocycles. The van der Waals surface area contributed by atoms with E-state index in [0.717, 1.165) is 38.3 Å². The van der Waals surface area contributed by atoms with E-state index in [9.17, 15) is 0 Å². The van der Waals surface area contributed by atoms with Crippen LogP contribution in [0.25, 0.3) is 0 Å². The third-order valence-corrected chi connectivity index (χ3v) is 5.28. The Morgan fingerprint density at radius 2 is 1.48 bits per heavy atom. The molecule has 0 aliphatic carbocycles. The van der Waals surface area contributed by atoms with E-state index in [-0.39, 0.29) is 5.41 Å². The summed E-state index contributed by atoms with van der Waals surface area (Å²) >= 11 is 0. The van der Waals surface area contributed by atoms with Crippen molar-refractivity contribution in [1.82, 2.24) is 0 Å². The second-order valence-corrected chi connectivity index (χ2v) is 7.82. The molecule has 0 bridgehead atoms. The molecule has 1 rings (SSSR count). The molecule has 25 heavy (non-hydrogen) atoms. The van der Waals surface area contributed by atoms with E-state index < -0.39 is 0 Å². The van der Waals surface area contributed by atoms with Gasteiger partial charge in [0.05, 0.1) is 12.3 Å². The largest absolute Gasteiger partial charge is 0.491 e. The molecule has 2 nitrogen and oxygen atoms in total. The monoisotopic (exact) mass is 347 g/mol. The number of anilines is 1. The van der Waals surface area contributed by atoms with Gasteiger partial charge in [-0.3, -0.25) is 0 Å². The van der Waals surface area contributed by atoms with Crippen LogP contribution in [-0.4, -0.2) is 19.7 Å². The summed E-state index contributed by atoms with van der Waals surface area (Å²) in [6.45, 7) is 16.8. The third-order valence-electron chi connectivity index (χ3n) is 5.28. The van der Waals surface area contributed by atoms with Crippen LogP contribution < -0.4 is 9.64 Å². The number of benzene rings is 1. The summed E-state index contributed by atoms with van der Waals surface area (Å²) in [4.78, 5) is 2.56. The molecule has 1 aromatic carbocycles. The van der Waals surface area contributed by atoms with Crippen LogP contribution in [0.4, 0.5) is 5.69 Å². The van der Waals surface area contributed by atoms with Gasteiger partial charge in [-0.1, -0.05) is 66.9 Å². The van der Waals surface area contributed by atoms with E-state index in [0.29, 0.717) is 0 Å². The Balaban J connectivity index is 3.17. The molecule has 0 aliphatic rings. The number of nitrogens with zero attached hydrogens (tertiary/aromatic N) is 1. The fraction of sp³-hybridized carbons (Fsp3) is 0.739. The average molecular weight is 348 g/mol. The lowest BCUT2D eigenvalue weighted by Crippen LogP contribution is -2.27. The van der Waals surface area contributed by atoms with E-state index in [4.69, 9.17) is 4.74 Å². The molecular formula is C23H41NO.